The van der Waals surface area contributed by atoms with Crippen molar-refractivity contribution in [2.75, 3.05) is 25.0 Å². The van der Waals surface area contributed by atoms with Crippen molar-refractivity contribution in [3.8, 4) is 5.75 Å². The van der Waals surface area contributed by atoms with Gasteiger partial charge in [0.1, 0.15) is 12.0 Å². The molecular weight excluding hydrogens is 412 g/mol. The van der Waals surface area contributed by atoms with E-state index in [2.05, 4.69) is 21.2 Å². The molecule has 6 nitrogen and oxygen atoms in total. The highest BCUT2D eigenvalue weighted by Gasteiger charge is 2.12. The Morgan fingerprint density at radius 1 is 1.11 bits per heavy atom. The summed E-state index contributed by atoms with van der Waals surface area (Å²) >= 11 is 3.30. The molecule has 2 rings (SSSR count). The summed E-state index contributed by atoms with van der Waals surface area (Å²) in [5.41, 5.74) is 1.67. The molecule has 27 heavy (non-hydrogen) atoms. The van der Waals surface area contributed by atoms with E-state index in [1.54, 1.807) is 47.4 Å². The third kappa shape index (κ3) is 5.65. The molecule has 0 aromatic heterocycles. The Hall–Kier alpha value is -2.67. The zero-order valence-corrected chi connectivity index (χ0v) is 16.8. The van der Waals surface area contributed by atoms with Gasteiger partial charge in [0.2, 0.25) is 0 Å². The number of carbonyl (C=O) groups is 3. The van der Waals surface area contributed by atoms with E-state index in [1.807, 2.05) is 13.8 Å². The highest BCUT2D eigenvalue weighted by molar-refractivity contribution is 9.10. The number of aldehydes is 1. The summed E-state index contributed by atoms with van der Waals surface area (Å²) in [7, 11) is 0. The summed E-state index contributed by atoms with van der Waals surface area (Å²) < 4.78 is 6.05. The quantitative estimate of drug-likeness (QED) is 0.644. The monoisotopic (exact) mass is 432 g/mol. The van der Waals surface area contributed by atoms with E-state index in [4.69, 9.17) is 4.74 Å². The van der Waals surface area contributed by atoms with Crippen LogP contribution in [-0.2, 0) is 4.79 Å². The third-order valence-corrected chi connectivity index (χ3v) is 4.54. The summed E-state index contributed by atoms with van der Waals surface area (Å²) in [5.74, 6) is 0.102. The lowest BCUT2D eigenvalue weighted by Gasteiger charge is -2.18. The Morgan fingerprint density at radius 3 is 2.33 bits per heavy atom. The summed E-state index contributed by atoms with van der Waals surface area (Å²) in [5, 5.41) is 2.72. The molecule has 0 atom stereocenters. The van der Waals surface area contributed by atoms with Crippen molar-refractivity contribution < 1.29 is 19.1 Å². The van der Waals surface area contributed by atoms with Crippen molar-refractivity contribution in [3.05, 3.63) is 58.1 Å². The van der Waals surface area contributed by atoms with Crippen LogP contribution in [0, 0.1) is 0 Å². The number of carbonyl (C=O) groups excluding carboxylic acids is 3. The summed E-state index contributed by atoms with van der Waals surface area (Å²) in [6.45, 7) is 4.98. The molecule has 0 saturated carbocycles. The molecule has 0 fully saturated rings. The average Bonchev–Trinajstić information content (AvgIpc) is 2.68. The van der Waals surface area contributed by atoms with Crippen molar-refractivity contribution in [2.24, 2.45) is 0 Å². The van der Waals surface area contributed by atoms with Gasteiger partial charge in [-0.25, -0.2) is 0 Å². The predicted molar refractivity (Wildman–Crippen MR) is 107 cm³/mol. The van der Waals surface area contributed by atoms with Gasteiger partial charge in [-0.1, -0.05) is 0 Å². The second kappa shape index (κ2) is 9.87. The molecule has 0 radical (unpaired) electrons. The zero-order valence-electron chi connectivity index (χ0n) is 15.2. The second-order valence-corrected chi connectivity index (χ2v) is 6.55. The number of halogens is 1. The summed E-state index contributed by atoms with van der Waals surface area (Å²) in [6, 6.07) is 11.6. The first-order valence-electron chi connectivity index (χ1n) is 8.55. The summed E-state index contributed by atoms with van der Waals surface area (Å²) in [4.78, 5) is 36.8. The Labute approximate surface area is 166 Å². The van der Waals surface area contributed by atoms with Gasteiger partial charge >= 0.3 is 0 Å². The molecule has 0 aliphatic carbocycles. The van der Waals surface area contributed by atoms with Crippen molar-refractivity contribution in [1.82, 2.24) is 4.90 Å². The van der Waals surface area contributed by atoms with Gasteiger partial charge in [-0.3, -0.25) is 14.4 Å². The Morgan fingerprint density at radius 2 is 1.78 bits per heavy atom. The van der Waals surface area contributed by atoms with Crippen LogP contribution in [0.4, 0.5) is 5.69 Å². The van der Waals surface area contributed by atoms with Crippen molar-refractivity contribution in [1.29, 1.82) is 0 Å². The van der Waals surface area contributed by atoms with E-state index in [0.717, 1.165) is 6.29 Å². The topological polar surface area (TPSA) is 75.7 Å². The van der Waals surface area contributed by atoms with Gasteiger partial charge in [0.05, 0.1) is 4.47 Å². The predicted octanol–water partition coefficient (Wildman–Crippen LogP) is 3.76. The van der Waals surface area contributed by atoms with Gasteiger partial charge in [0.15, 0.2) is 6.61 Å². The molecule has 0 bridgehead atoms. The van der Waals surface area contributed by atoms with Crippen LogP contribution in [-0.4, -0.2) is 42.7 Å². The van der Waals surface area contributed by atoms with Crippen molar-refractivity contribution in [3.63, 3.8) is 0 Å². The van der Waals surface area contributed by atoms with Gasteiger partial charge in [0.25, 0.3) is 11.8 Å². The maximum Gasteiger partial charge on any atom is 0.262 e. The molecule has 2 aromatic rings. The van der Waals surface area contributed by atoms with E-state index in [1.165, 1.54) is 0 Å². The zero-order chi connectivity index (χ0) is 19.8. The molecule has 0 heterocycles. The van der Waals surface area contributed by atoms with E-state index >= 15 is 0 Å². The fourth-order valence-electron chi connectivity index (χ4n) is 2.44. The molecule has 0 saturated heterocycles. The minimum Gasteiger partial charge on any atom is -0.483 e. The lowest BCUT2D eigenvalue weighted by Crippen LogP contribution is -2.30. The highest BCUT2D eigenvalue weighted by Crippen LogP contribution is 2.25. The normalized spacial score (nSPS) is 10.2. The molecule has 2 aromatic carbocycles. The maximum absolute atomic E-state index is 12.3. The molecule has 142 valence electrons. The Bertz CT molecular complexity index is 817. The molecule has 0 spiro atoms. The van der Waals surface area contributed by atoms with E-state index in [0.29, 0.717) is 40.1 Å². The van der Waals surface area contributed by atoms with Gasteiger partial charge < -0.3 is 15.0 Å². The number of rotatable bonds is 8. The molecule has 0 unspecified atom stereocenters. The van der Waals surface area contributed by atoms with Crippen LogP contribution < -0.4 is 10.1 Å². The van der Waals surface area contributed by atoms with Crippen LogP contribution >= 0.6 is 15.9 Å². The molecule has 2 amide bonds. The molecule has 1 N–H and O–H groups in total. The SMILES string of the molecule is CCN(CC)C(=O)c1ccc(NC(=O)COc2ccc(C=O)cc2Br)cc1. The second-order valence-electron chi connectivity index (χ2n) is 5.70. The maximum atomic E-state index is 12.3. The van der Waals surface area contributed by atoms with Crippen molar-refractivity contribution >= 4 is 39.7 Å². The van der Waals surface area contributed by atoms with Gasteiger partial charge in [-0.2, -0.15) is 0 Å². The number of hydrogen-bond acceptors (Lipinski definition) is 4. The molecule has 0 aliphatic heterocycles. The van der Waals surface area contributed by atoms with Crippen LogP contribution in [0.25, 0.3) is 0 Å². The van der Waals surface area contributed by atoms with E-state index in [9.17, 15) is 14.4 Å². The summed E-state index contributed by atoms with van der Waals surface area (Å²) in [6.07, 6.45) is 0.732. The average molecular weight is 433 g/mol. The van der Waals surface area contributed by atoms with Crippen LogP contribution in [0.2, 0.25) is 0 Å². The van der Waals surface area contributed by atoms with Gasteiger partial charge in [-0.05, 0) is 72.2 Å². The number of nitrogens with one attached hydrogen (secondary N) is 1. The first-order valence-corrected chi connectivity index (χ1v) is 9.34. The van der Waals surface area contributed by atoms with Crippen LogP contribution in [0.15, 0.2) is 46.9 Å². The minimum absolute atomic E-state index is 0.0372. The largest absolute Gasteiger partial charge is 0.483 e. The highest BCUT2D eigenvalue weighted by atomic mass is 79.9. The third-order valence-electron chi connectivity index (χ3n) is 3.92. The van der Waals surface area contributed by atoms with Crippen molar-refractivity contribution in [2.45, 2.75) is 13.8 Å². The first-order chi connectivity index (χ1) is 13.0. The van der Waals surface area contributed by atoms with Gasteiger partial charge in [0, 0.05) is 29.9 Å². The standard InChI is InChI=1S/C20H21BrN2O4/c1-3-23(4-2)20(26)15-6-8-16(9-7-15)22-19(25)13-27-18-10-5-14(12-24)11-17(18)21/h5-12H,3-4,13H2,1-2H3,(H,22,25). The molecular formula is C20H21BrN2O4. The van der Waals surface area contributed by atoms with E-state index in [-0.39, 0.29) is 18.4 Å². The fourth-order valence-corrected chi connectivity index (χ4v) is 2.95. The van der Waals surface area contributed by atoms with Crippen LogP contribution in [0.5, 0.6) is 5.75 Å². The smallest absolute Gasteiger partial charge is 0.262 e. The molecule has 0 aliphatic rings. The number of nitrogens with zero attached hydrogens (tertiary/aromatic N) is 1. The Balaban J connectivity index is 1.92. The fraction of sp³-hybridized carbons (Fsp3) is 0.250. The number of amides is 2. The van der Waals surface area contributed by atoms with Crippen LogP contribution in [0.3, 0.4) is 0 Å². The molecule has 7 heteroatoms. The number of anilines is 1. The minimum atomic E-state index is -0.329. The Kier molecular flexibility index (Phi) is 7.55. The van der Waals surface area contributed by atoms with Gasteiger partial charge in [-0.15, -0.1) is 0 Å². The number of ether oxygens (including phenoxy) is 1. The first kappa shape index (κ1) is 20.6. The number of benzene rings is 2. The lowest BCUT2D eigenvalue weighted by molar-refractivity contribution is -0.118. The van der Waals surface area contributed by atoms with Crippen LogP contribution in [0.1, 0.15) is 34.6 Å². The number of hydrogen-bond donors (Lipinski definition) is 1. The van der Waals surface area contributed by atoms with E-state index < -0.39 is 0 Å². The lowest BCUT2D eigenvalue weighted by atomic mass is 10.2.